The van der Waals surface area contributed by atoms with Crippen molar-refractivity contribution in [2.24, 2.45) is 11.5 Å². The van der Waals surface area contributed by atoms with Gasteiger partial charge in [0, 0.05) is 0 Å². The van der Waals surface area contributed by atoms with Crippen LogP contribution in [0.3, 0.4) is 0 Å². The minimum atomic E-state index is -0.229. The van der Waals surface area contributed by atoms with Crippen molar-refractivity contribution in [1.29, 1.82) is 10.5 Å². The van der Waals surface area contributed by atoms with Gasteiger partial charge in [-0.1, -0.05) is 13.8 Å². The van der Waals surface area contributed by atoms with Gasteiger partial charge in [-0.2, -0.15) is 10.5 Å². The van der Waals surface area contributed by atoms with E-state index in [1.54, 1.807) is 0 Å². The molecule has 0 bridgehead atoms. The molecule has 4 N–H and O–H groups in total. The van der Waals surface area contributed by atoms with Crippen LogP contribution in [0.5, 0.6) is 0 Å². The third kappa shape index (κ3) is 11.1. The van der Waals surface area contributed by atoms with Crippen molar-refractivity contribution in [2.75, 3.05) is 41.3 Å². The summed E-state index contributed by atoms with van der Waals surface area (Å²) in [5, 5.41) is 15.9. The minimum absolute atomic E-state index is 0. The molecule has 0 rings (SSSR count). The predicted molar refractivity (Wildman–Crippen MR) is 89.6 cm³/mol. The average molecular weight is 344 g/mol. The van der Waals surface area contributed by atoms with Crippen LogP contribution in [-0.2, 0) is 0 Å². The number of nitriles is 2. The molecule has 0 spiro atoms. The van der Waals surface area contributed by atoms with Gasteiger partial charge < -0.3 is 23.9 Å². The molecule has 132 valence electrons. The molecular weight excluding hydrogens is 314 g/mol. The molecule has 0 aliphatic rings. The van der Waals surface area contributed by atoms with Gasteiger partial charge in [-0.3, -0.25) is 14.4 Å². The molecular formula is C15H30ClN7. The first-order chi connectivity index (χ1) is 10.3. The first-order valence-corrected chi connectivity index (χ1v) is 7.28. The molecule has 0 aromatic carbocycles. The fourth-order valence-corrected chi connectivity index (χ4v) is 1.94. The SMILES string of the molecule is CCCN(CCC)C(N(C)C)=[N+](C)C.N#C/C(N)=C(/N)C#N.[Cl-]. The Bertz CT molecular complexity index is 437. The third-order valence-electron chi connectivity index (χ3n) is 2.60. The zero-order valence-corrected chi connectivity index (χ0v) is 15.9. The van der Waals surface area contributed by atoms with E-state index in [1.807, 2.05) is 0 Å². The van der Waals surface area contributed by atoms with Gasteiger partial charge in [0.2, 0.25) is 0 Å². The maximum atomic E-state index is 7.97. The monoisotopic (exact) mass is 343 g/mol. The standard InChI is InChI=1S/C11H26N3.C4H4N4.ClH/c1-7-9-14(10-8-2)11(12(3)4)13(5)6;5-1-3(7)4(8)2-6;/h7-10H2,1-6H3;7-8H2;1H/q+1;;/p-1/b;4-3-;. The second kappa shape index (κ2) is 14.8. The van der Waals surface area contributed by atoms with Crippen molar-refractivity contribution >= 4 is 5.96 Å². The van der Waals surface area contributed by atoms with Crippen LogP contribution in [0.4, 0.5) is 0 Å². The second-order valence-electron chi connectivity index (χ2n) is 5.13. The molecule has 0 fully saturated rings. The molecule has 0 aliphatic carbocycles. The van der Waals surface area contributed by atoms with E-state index in [-0.39, 0.29) is 23.8 Å². The van der Waals surface area contributed by atoms with Crippen molar-refractivity contribution in [3.63, 3.8) is 0 Å². The van der Waals surface area contributed by atoms with E-state index in [2.05, 4.69) is 56.4 Å². The van der Waals surface area contributed by atoms with Crippen molar-refractivity contribution < 1.29 is 17.0 Å². The Morgan fingerprint density at radius 2 is 1.30 bits per heavy atom. The fraction of sp³-hybridized carbons (Fsp3) is 0.667. The van der Waals surface area contributed by atoms with E-state index < -0.39 is 0 Å². The molecule has 0 heterocycles. The van der Waals surface area contributed by atoms with Gasteiger partial charge in [-0.25, -0.2) is 0 Å². The van der Waals surface area contributed by atoms with Crippen molar-refractivity contribution in [1.82, 2.24) is 9.80 Å². The highest BCUT2D eigenvalue weighted by Crippen LogP contribution is 1.98. The summed E-state index contributed by atoms with van der Waals surface area (Å²) in [6.07, 6.45) is 2.40. The summed E-state index contributed by atoms with van der Waals surface area (Å²) in [5.41, 5.74) is 9.34. The van der Waals surface area contributed by atoms with Crippen LogP contribution >= 0.6 is 0 Å². The van der Waals surface area contributed by atoms with E-state index in [9.17, 15) is 0 Å². The van der Waals surface area contributed by atoms with Crippen LogP contribution in [-0.4, -0.2) is 61.6 Å². The Morgan fingerprint density at radius 1 is 0.957 bits per heavy atom. The summed E-state index contributed by atoms with van der Waals surface area (Å²) in [5.74, 6) is 1.30. The van der Waals surface area contributed by atoms with E-state index in [4.69, 9.17) is 22.0 Å². The Kier molecular flexibility index (Phi) is 16.6. The van der Waals surface area contributed by atoms with Crippen LogP contribution in [0.2, 0.25) is 0 Å². The Morgan fingerprint density at radius 3 is 1.48 bits per heavy atom. The molecule has 0 aromatic heterocycles. The lowest BCUT2D eigenvalue weighted by Gasteiger charge is -2.24. The van der Waals surface area contributed by atoms with Gasteiger partial charge in [0.25, 0.3) is 0 Å². The van der Waals surface area contributed by atoms with Crippen molar-refractivity contribution in [3.05, 3.63) is 11.4 Å². The Balaban J connectivity index is -0.000000382. The lowest BCUT2D eigenvalue weighted by molar-refractivity contribution is -0.476. The molecule has 0 aliphatic heterocycles. The second-order valence-corrected chi connectivity index (χ2v) is 5.13. The van der Waals surface area contributed by atoms with Gasteiger partial charge in [-0.15, -0.1) is 0 Å². The Hall–Kier alpha value is -2.12. The van der Waals surface area contributed by atoms with Crippen molar-refractivity contribution in [3.8, 4) is 12.1 Å². The van der Waals surface area contributed by atoms with Gasteiger partial charge in [0.15, 0.2) is 0 Å². The summed E-state index contributed by atoms with van der Waals surface area (Å²) in [6, 6.07) is 3.05. The van der Waals surface area contributed by atoms with Crippen LogP contribution in [0.1, 0.15) is 26.7 Å². The molecule has 0 atom stereocenters. The zero-order valence-electron chi connectivity index (χ0n) is 15.1. The number of nitrogens with two attached hydrogens (primary N) is 2. The molecule has 0 radical (unpaired) electrons. The summed E-state index contributed by atoms with van der Waals surface area (Å²) < 4.78 is 2.19. The average Bonchev–Trinajstić information content (AvgIpc) is 2.46. The highest BCUT2D eigenvalue weighted by Gasteiger charge is 2.20. The van der Waals surface area contributed by atoms with Gasteiger partial charge >= 0.3 is 5.96 Å². The van der Waals surface area contributed by atoms with Gasteiger partial charge in [0.1, 0.15) is 23.5 Å². The highest BCUT2D eigenvalue weighted by atomic mass is 35.5. The highest BCUT2D eigenvalue weighted by molar-refractivity contribution is 5.74. The summed E-state index contributed by atoms with van der Waals surface area (Å²) in [4.78, 5) is 4.63. The Labute approximate surface area is 146 Å². The van der Waals surface area contributed by atoms with E-state index in [0.717, 1.165) is 13.1 Å². The molecule has 0 aromatic rings. The number of guanidine groups is 1. The third-order valence-corrected chi connectivity index (χ3v) is 2.60. The van der Waals surface area contributed by atoms with E-state index in [1.165, 1.54) is 30.9 Å². The largest absolute Gasteiger partial charge is 1.00 e. The van der Waals surface area contributed by atoms with Gasteiger partial charge in [-0.05, 0) is 12.8 Å². The van der Waals surface area contributed by atoms with Crippen LogP contribution < -0.4 is 23.9 Å². The molecule has 0 amide bonds. The van der Waals surface area contributed by atoms with E-state index >= 15 is 0 Å². The smallest absolute Gasteiger partial charge is 0.349 e. The lowest BCUT2D eigenvalue weighted by atomic mass is 10.3. The maximum absolute atomic E-state index is 7.97. The zero-order chi connectivity index (χ0) is 17.7. The van der Waals surface area contributed by atoms with Crippen LogP contribution in [0.25, 0.3) is 0 Å². The summed E-state index contributed by atoms with van der Waals surface area (Å²) >= 11 is 0. The summed E-state index contributed by atoms with van der Waals surface area (Å²) in [7, 11) is 8.42. The molecule has 8 heteroatoms. The number of rotatable bonds is 4. The van der Waals surface area contributed by atoms with Crippen LogP contribution in [0, 0.1) is 22.7 Å². The lowest BCUT2D eigenvalue weighted by Crippen LogP contribution is -3.00. The quantitative estimate of drug-likeness (QED) is 0.252. The van der Waals surface area contributed by atoms with Crippen LogP contribution in [0.15, 0.2) is 11.4 Å². The first kappa shape index (κ1) is 25.8. The van der Waals surface area contributed by atoms with E-state index in [0.29, 0.717) is 0 Å². The molecule has 7 nitrogen and oxygen atoms in total. The fourth-order valence-electron chi connectivity index (χ4n) is 1.94. The first-order valence-electron chi connectivity index (χ1n) is 7.28. The molecule has 23 heavy (non-hydrogen) atoms. The molecule has 0 saturated carbocycles. The molecule has 0 unspecified atom stereocenters. The number of halogens is 1. The number of hydrogen-bond donors (Lipinski definition) is 2. The minimum Gasteiger partial charge on any atom is -1.00 e. The number of allylic oxidation sites excluding steroid dienone is 2. The van der Waals surface area contributed by atoms with Gasteiger partial charge in [0.05, 0.1) is 41.3 Å². The maximum Gasteiger partial charge on any atom is 0.349 e. The summed E-state index contributed by atoms with van der Waals surface area (Å²) in [6.45, 7) is 6.73. The predicted octanol–water partition coefficient (Wildman–Crippen LogP) is -2.54. The number of hydrogen-bond acceptors (Lipinski definition) is 4. The van der Waals surface area contributed by atoms with Crippen molar-refractivity contribution in [2.45, 2.75) is 26.7 Å². The number of nitrogens with zero attached hydrogens (tertiary/aromatic N) is 5. The topological polar surface area (TPSA) is 109 Å². The normalized spacial score (nSPS) is 9.74. The molecule has 0 saturated heterocycles.